The normalized spacial score (nSPS) is 10.5. The maximum Gasteiger partial charge on any atom is 0.0659 e. The minimum absolute atomic E-state index is 0.954. The summed E-state index contributed by atoms with van der Waals surface area (Å²) < 4.78 is 1.93. The number of nitrogens with zero attached hydrogens (tertiary/aromatic N) is 2. The third kappa shape index (κ3) is 1.68. The number of benzene rings is 1. The van der Waals surface area contributed by atoms with Crippen molar-refractivity contribution in [2.24, 2.45) is 0 Å². The van der Waals surface area contributed by atoms with Crippen LogP contribution in [0.4, 0.5) is 0 Å². The molecular weight excluding hydrogens is 192 g/mol. The Bertz CT molecular complexity index is 460. The Hall–Kier alpha value is -1.22. The quantitative estimate of drug-likeness (QED) is 0.707. The standard InChI is InChI=1S/C11H12N2S/c1-8-6-9(2)13(12-8)10-4-3-5-11(14)7-10/h3-7,14H,1-2H3. The molecule has 1 heterocycles. The first kappa shape index (κ1) is 9.34. The van der Waals surface area contributed by atoms with Crippen LogP contribution in [0.3, 0.4) is 0 Å². The number of hydrogen-bond acceptors (Lipinski definition) is 2. The van der Waals surface area contributed by atoms with Crippen LogP contribution in [-0.4, -0.2) is 9.78 Å². The molecule has 0 spiro atoms. The third-order valence-corrected chi connectivity index (χ3v) is 2.36. The summed E-state index contributed by atoms with van der Waals surface area (Å²) in [5.74, 6) is 0. The van der Waals surface area contributed by atoms with Crippen LogP contribution < -0.4 is 0 Å². The van der Waals surface area contributed by atoms with Crippen LogP contribution in [0.25, 0.3) is 5.69 Å². The summed E-state index contributed by atoms with van der Waals surface area (Å²) in [6.45, 7) is 4.04. The van der Waals surface area contributed by atoms with Crippen LogP contribution >= 0.6 is 12.6 Å². The molecule has 1 aromatic heterocycles. The number of rotatable bonds is 1. The van der Waals surface area contributed by atoms with Crippen LogP contribution in [0.15, 0.2) is 35.2 Å². The highest BCUT2D eigenvalue weighted by molar-refractivity contribution is 7.80. The molecule has 0 bridgehead atoms. The smallest absolute Gasteiger partial charge is 0.0659 e. The molecule has 0 aliphatic heterocycles. The molecule has 3 heteroatoms. The van der Waals surface area contributed by atoms with E-state index in [0.29, 0.717) is 0 Å². The van der Waals surface area contributed by atoms with Crippen molar-refractivity contribution in [2.45, 2.75) is 18.7 Å². The zero-order chi connectivity index (χ0) is 10.1. The van der Waals surface area contributed by atoms with E-state index in [0.717, 1.165) is 22.0 Å². The van der Waals surface area contributed by atoms with Crippen LogP contribution in [0.1, 0.15) is 11.4 Å². The van der Waals surface area contributed by atoms with Crippen LogP contribution in [0.2, 0.25) is 0 Å². The highest BCUT2D eigenvalue weighted by atomic mass is 32.1. The maximum atomic E-state index is 4.40. The van der Waals surface area contributed by atoms with Crippen molar-refractivity contribution in [1.82, 2.24) is 9.78 Å². The van der Waals surface area contributed by atoms with E-state index in [1.165, 1.54) is 0 Å². The Morgan fingerprint density at radius 3 is 2.57 bits per heavy atom. The van der Waals surface area contributed by atoms with Gasteiger partial charge in [0.2, 0.25) is 0 Å². The van der Waals surface area contributed by atoms with Gasteiger partial charge < -0.3 is 0 Å². The summed E-state index contributed by atoms with van der Waals surface area (Å²) in [5.41, 5.74) is 3.23. The molecule has 72 valence electrons. The van der Waals surface area contributed by atoms with Gasteiger partial charge in [0.05, 0.1) is 11.4 Å². The van der Waals surface area contributed by atoms with E-state index in [2.05, 4.69) is 23.8 Å². The highest BCUT2D eigenvalue weighted by Gasteiger charge is 2.02. The van der Waals surface area contributed by atoms with Crippen molar-refractivity contribution in [3.8, 4) is 5.69 Å². The van der Waals surface area contributed by atoms with Crippen molar-refractivity contribution >= 4 is 12.6 Å². The van der Waals surface area contributed by atoms with Gasteiger partial charge in [-0.2, -0.15) is 5.10 Å². The third-order valence-electron chi connectivity index (χ3n) is 2.08. The molecule has 0 aliphatic rings. The molecule has 0 fully saturated rings. The Kier molecular flexibility index (Phi) is 2.33. The fourth-order valence-electron chi connectivity index (χ4n) is 1.52. The number of thiol groups is 1. The summed E-state index contributed by atoms with van der Waals surface area (Å²) in [6, 6.07) is 10.0. The molecule has 2 aromatic rings. The number of aromatic nitrogens is 2. The van der Waals surface area contributed by atoms with Gasteiger partial charge in [-0.1, -0.05) is 6.07 Å². The van der Waals surface area contributed by atoms with E-state index in [9.17, 15) is 0 Å². The fraction of sp³-hybridized carbons (Fsp3) is 0.182. The zero-order valence-corrected chi connectivity index (χ0v) is 9.12. The lowest BCUT2D eigenvalue weighted by atomic mass is 10.3. The molecule has 0 saturated heterocycles. The Balaban J connectivity index is 2.54. The minimum atomic E-state index is 0.954. The van der Waals surface area contributed by atoms with Crippen molar-refractivity contribution in [1.29, 1.82) is 0 Å². The first-order valence-electron chi connectivity index (χ1n) is 4.49. The molecule has 0 atom stereocenters. The predicted octanol–water partition coefficient (Wildman–Crippen LogP) is 2.78. The van der Waals surface area contributed by atoms with E-state index in [-0.39, 0.29) is 0 Å². The van der Waals surface area contributed by atoms with Crippen LogP contribution in [0.5, 0.6) is 0 Å². The van der Waals surface area contributed by atoms with Crippen molar-refractivity contribution < 1.29 is 0 Å². The monoisotopic (exact) mass is 204 g/mol. The molecule has 0 aliphatic carbocycles. The second-order valence-corrected chi connectivity index (χ2v) is 3.88. The molecule has 14 heavy (non-hydrogen) atoms. The first-order valence-corrected chi connectivity index (χ1v) is 4.94. The topological polar surface area (TPSA) is 17.8 Å². The van der Waals surface area contributed by atoms with Crippen molar-refractivity contribution in [3.05, 3.63) is 41.7 Å². The second-order valence-electron chi connectivity index (χ2n) is 3.36. The van der Waals surface area contributed by atoms with Crippen LogP contribution in [-0.2, 0) is 0 Å². The van der Waals surface area contributed by atoms with Gasteiger partial charge in [0.25, 0.3) is 0 Å². The maximum absolute atomic E-state index is 4.40. The minimum Gasteiger partial charge on any atom is -0.238 e. The summed E-state index contributed by atoms with van der Waals surface area (Å²) >= 11 is 4.30. The van der Waals surface area contributed by atoms with E-state index in [4.69, 9.17) is 0 Å². The van der Waals surface area contributed by atoms with Gasteiger partial charge in [0, 0.05) is 10.6 Å². The highest BCUT2D eigenvalue weighted by Crippen LogP contribution is 2.15. The Morgan fingerprint density at radius 2 is 2.00 bits per heavy atom. The van der Waals surface area contributed by atoms with Gasteiger partial charge in [-0.15, -0.1) is 12.6 Å². The molecule has 0 N–H and O–H groups in total. The molecule has 0 saturated carbocycles. The molecular formula is C11H12N2S. The lowest BCUT2D eigenvalue weighted by Gasteiger charge is -2.04. The first-order chi connectivity index (χ1) is 6.66. The largest absolute Gasteiger partial charge is 0.238 e. The van der Waals surface area contributed by atoms with Gasteiger partial charge in [-0.05, 0) is 38.1 Å². The SMILES string of the molecule is Cc1cc(C)n(-c2cccc(S)c2)n1. The van der Waals surface area contributed by atoms with Crippen LogP contribution in [0, 0.1) is 13.8 Å². The van der Waals surface area contributed by atoms with E-state index in [1.54, 1.807) is 0 Å². The Morgan fingerprint density at radius 1 is 1.21 bits per heavy atom. The average molecular weight is 204 g/mol. The Labute approximate surface area is 89.0 Å². The van der Waals surface area contributed by atoms with Crippen molar-refractivity contribution in [3.63, 3.8) is 0 Å². The number of aryl methyl sites for hydroxylation is 2. The second kappa shape index (κ2) is 3.50. The lowest BCUT2D eigenvalue weighted by molar-refractivity contribution is 0.831. The molecule has 0 amide bonds. The predicted molar refractivity (Wildman–Crippen MR) is 60.3 cm³/mol. The molecule has 2 rings (SSSR count). The molecule has 0 radical (unpaired) electrons. The van der Waals surface area contributed by atoms with E-state index < -0.39 is 0 Å². The average Bonchev–Trinajstić information content (AvgIpc) is 2.45. The van der Waals surface area contributed by atoms with E-state index >= 15 is 0 Å². The summed E-state index contributed by atoms with van der Waals surface area (Å²) in [6.07, 6.45) is 0. The molecule has 2 nitrogen and oxygen atoms in total. The van der Waals surface area contributed by atoms with Gasteiger partial charge in [0.15, 0.2) is 0 Å². The fourth-order valence-corrected chi connectivity index (χ4v) is 1.73. The molecule has 0 unspecified atom stereocenters. The number of hydrogen-bond donors (Lipinski definition) is 1. The lowest BCUT2D eigenvalue weighted by Crippen LogP contribution is -1.98. The van der Waals surface area contributed by atoms with Gasteiger partial charge >= 0.3 is 0 Å². The van der Waals surface area contributed by atoms with Gasteiger partial charge in [-0.3, -0.25) is 0 Å². The van der Waals surface area contributed by atoms with Crippen molar-refractivity contribution in [2.75, 3.05) is 0 Å². The molecule has 1 aromatic carbocycles. The van der Waals surface area contributed by atoms with E-state index in [1.807, 2.05) is 42.8 Å². The summed E-state index contributed by atoms with van der Waals surface area (Å²) in [4.78, 5) is 0.954. The zero-order valence-electron chi connectivity index (χ0n) is 8.23. The van der Waals surface area contributed by atoms with Gasteiger partial charge in [0.1, 0.15) is 0 Å². The summed E-state index contributed by atoms with van der Waals surface area (Å²) in [7, 11) is 0. The summed E-state index contributed by atoms with van der Waals surface area (Å²) in [5, 5.41) is 4.40. The van der Waals surface area contributed by atoms with Gasteiger partial charge in [-0.25, -0.2) is 4.68 Å².